The molecule has 0 bridgehead atoms. The number of rotatable bonds is 2. The average Bonchev–Trinajstić information content (AvgIpc) is 2.02. The van der Waals surface area contributed by atoms with Crippen LogP contribution in [0.4, 0.5) is 4.39 Å². The highest BCUT2D eigenvalue weighted by Gasteiger charge is 2.24. The van der Waals surface area contributed by atoms with Crippen molar-refractivity contribution in [1.29, 1.82) is 0 Å². The van der Waals surface area contributed by atoms with Gasteiger partial charge in [0, 0.05) is 12.4 Å². The monoisotopic (exact) mass is 227 g/mol. The zero-order chi connectivity index (χ0) is 10.1. The second-order valence-corrected chi connectivity index (χ2v) is 5.24. The largest absolute Gasteiger partial charge is 0.212 e. The third kappa shape index (κ3) is 2.65. The molecule has 6 heteroatoms. The van der Waals surface area contributed by atoms with Crippen molar-refractivity contribution in [3.63, 3.8) is 0 Å². The summed E-state index contributed by atoms with van der Waals surface area (Å²) in [7, 11) is -3.27. The van der Waals surface area contributed by atoms with E-state index in [1.54, 1.807) is 0 Å². The molecule has 0 unspecified atom stereocenters. The average molecular weight is 228 g/mol. The van der Waals surface area contributed by atoms with E-state index in [1.807, 2.05) is 0 Å². The molecule has 3 nitrogen and oxygen atoms in total. The minimum absolute atomic E-state index is 0.142. The molecular weight excluding hydrogens is 217 g/mol. The molecule has 0 aromatic rings. The molecule has 1 heterocycles. The van der Waals surface area contributed by atoms with Crippen LogP contribution >= 0.6 is 11.6 Å². The maximum Gasteiger partial charge on any atom is 0.211 e. The number of halogens is 2. The van der Waals surface area contributed by atoms with Crippen LogP contribution in [0.15, 0.2) is 11.4 Å². The maximum atomic E-state index is 13.1. The van der Waals surface area contributed by atoms with Crippen molar-refractivity contribution in [2.75, 3.05) is 25.2 Å². The zero-order valence-corrected chi connectivity index (χ0v) is 8.83. The number of sulfonamides is 1. The van der Waals surface area contributed by atoms with Gasteiger partial charge >= 0.3 is 0 Å². The van der Waals surface area contributed by atoms with Crippen molar-refractivity contribution in [1.82, 2.24) is 4.31 Å². The lowest BCUT2D eigenvalue weighted by molar-refractivity contribution is 0.382. The summed E-state index contributed by atoms with van der Waals surface area (Å²) >= 11 is 5.47. The van der Waals surface area contributed by atoms with Crippen molar-refractivity contribution in [2.45, 2.75) is 6.42 Å². The minimum Gasteiger partial charge on any atom is -0.212 e. The van der Waals surface area contributed by atoms with Crippen LogP contribution in [0.25, 0.3) is 0 Å². The van der Waals surface area contributed by atoms with Crippen molar-refractivity contribution in [3.8, 4) is 0 Å². The Balaban J connectivity index is 2.80. The highest BCUT2D eigenvalue weighted by Crippen LogP contribution is 2.21. The Morgan fingerprint density at radius 1 is 1.62 bits per heavy atom. The summed E-state index contributed by atoms with van der Waals surface area (Å²) in [5.74, 6) is -0.268. The molecule has 1 rings (SSSR count). The SMILES string of the molecule is CS(=O)(=O)N1CCC(CCl)=C(F)C1. The Morgan fingerprint density at radius 3 is 2.62 bits per heavy atom. The van der Waals surface area contributed by atoms with Crippen LogP contribution in [0.2, 0.25) is 0 Å². The van der Waals surface area contributed by atoms with Crippen LogP contribution in [0, 0.1) is 0 Å². The molecule has 0 saturated carbocycles. The van der Waals surface area contributed by atoms with E-state index in [1.165, 1.54) is 0 Å². The maximum absolute atomic E-state index is 13.1. The van der Waals surface area contributed by atoms with Gasteiger partial charge in [0.2, 0.25) is 10.0 Å². The van der Waals surface area contributed by atoms with Gasteiger partial charge in [-0.1, -0.05) is 0 Å². The molecule has 0 N–H and O–H groups in total. The van der Waals surface area contributed by atoms with E-state index in [0.717, 1.165) is 10.6 Å². The molecule has 1 aliphatic heterocycles. The molecule has 0 fully saturated rings. The molecule has 0 atom stereocenters. The van der Waals surface area contributed by atoms with Gasteiger partial charge in [0.1, 0.15) is 5.83 Å². The van der Waals surface area contributed by atoms with Gasteiger partial charge in [0.05, 0.1) is 12.8 Å². The molecule has 1 aliphatic rings. The lowest BCUT2D eigenvalue weighted by Gasteiger charge is -2.24. The molecule has 0 saturated heterocycles. The summed E-state index contributed by atoms with van der Waals surface area (Å²) in [6.45, 7) is 0.162. The minimum atomic E-state index is -3.27. The topological polar surface area (TPSA) is 37.4 Å². The van der Waals surface area contributed by atoms with E-state index in [4.69, 9.17) is 11.6 Å². The zero-order valence-electron chi connectivity index (χ0n) is 7.26. The predicted octanol–water partition coefficient (Wildman–Crippen LogP) is 1.11. The third-order valence-corrected chi connectivity index (χ3v) is 3.56. The highest BCUT2D eigenvalue weighted by molar-refractivity contribution is 7.88. The first kappa shape index (κ1) is 10.9. The molecule has 13 heavy (non-hydrogen) atoms. The van der Waals surface area contributed by atoms with E-state index < -0.39 is 15.9 Å². The number of hydrogen-bond acceptors (Lipinski definition) is 2. The van der Waals surface area contributed by atoms with Crippen LogP contribution in [0.3, 0.4) is 0 Å². The summed E-state index contributed by atoms with van der Waals surface area (Å²) in [5, 5.41) is 0. The summed E-state index contributed by atoms with van der Waals surface area (Å²) in [4.78, 5) is 0. The van der Waals surface area contributed by atoms with Gasteiger partial charge in [0.15, 0.2) is 0 Å². The van der Waals surface area contributed by atoms with Crippen LogP contribution < -0.4 is 0 Å². The fraction of sp³-hybridized carbons (Fsp3) is 0.714. The third-order valence-electron chi connectivity index (χ3n) is 1.99. The normalized spacial score (nSPS) is 20.8. The van der Waals surface area contributed by atoms with Gasteiger partial charge in [-0.3, -0.25) is 0 Å². The van der Waals surface area contributed by atoms with Gasteiger partial charge in [-0.15, -0.1) is 11.6 Å². The van der Waals surface area contributed by atoms with Gasteiger partial charge in [-0.2, -0.15) is 4.31 Å². The van der Waals surface area contributed by atoms with E-state index in [0.29, 0.717) is 18.5 Å². The van der Waals surface area contributed by atoms with E-state index in [2.05, 4.69) is 0 Å². The fourth-order valence-corrected chi connectivity index (χ4v) is 2.21. The molecular formula is C7H11ClFNO2S. The molecule has 76 valence electrons. The molecule has 0 aromatic carbocycles. The van der Waals surface area contributed by atoms with Gasteiger partial charge in [-0.05, 0) is 12.0 Å². The molecule has 0 amide bonds. The number of nitrogens with zero attached hydrogens (tertiary/aromatic N) is 1. The van der Waals surface area contributed by atoms with Crippen molar-refractivity contribution in [2.24, 2.45) is 0 Å². The Morgan fingerprint density at radius 2 is 2.23 bits per heavy atom. The highest BCUT2D eigenvalue weighted by atomic mass is 35.5. The Labute approximate surface area is 82.2 Å². The summed E-state index contributed by atoms with van der Waals surface area (Å²) in [6, 6.07) is 0. The molecule has 0 radical (unpaired) electrons. The molecule has 0 aromatic heterocycles. The van der Waals surface area contributed by atoms with Crippen LogP contribution in [-0.4, -0.2) is 37.9 Å². The van der Waals surface area contributed by atoms with E-state index >= 15 is 0 Å². The van der Waals surface area contributed by atoms with Gasteiger partial charge in [0.25, 0.3) is 0 Å². The van der Waals surface area contributed by atoms with Crippen LogP contribution in [0.1, 0.15) is 6.42 Å². The molecule has 0 aliphatic carbocycles. The first-order chi connectivity index (χ1) is 5.95. The first-order valence-electron chi connectivity index (χ1n) is 3.82. The van der Waals surface area contributed by atoms with E-state index in [9.17, 15) is 12.8 Å². The second kappa shape index (κ2) is 3.94. The van der Waals surface area contributed by atoms with Crippen molar-refractivity contribution in [3.05, 3.63) is 11.4 Å². The summed E-state index contributed by atoms with van der Waals surface area (Å²) in [6.07, 6.45) is 1.47. The summed E-state index contributed by atoms with van der Waals surface area (Å²) < 4.78 is 36.3. The smallest absolute Gasteiger partial charge is 0.211 e. The van der Waals surface area contributed by atoms with E-state index in [-0.39, 0.29) is 12.4 Å². The number of hydrogen-bond donors (Lipinski definition) is 0. The first-order valence-corrected chi connectivity index (χ1v) is 6.21. The van der Waals surface area contributed by atoms with Crippen molar-refractivity contribution < 1.29 is 12.8 Å². The number of alkyl halides is 1. The molecule has 0 spiro atoms. The Kier molecular flexibility index (Phi) is 3.32. The summed E-state index contributed by atoms with van der Waals surface area (Å²) in [5.41, 5.74) is 0.515. The lowest BCUT2D eigenvalue weighted by Crippen LogP contribution is -2.35. The quantitative estimate of drug-likeness (QED) is 0.663. The fourth-order valence-electron chi connectivity index (χ4n) is 1.16. The van der Waals surface area contributed by atoms with Gasteiger partial charge < -0.3 is 0 Å². The Bertz CT molecular complexity index is 325. The lowest BCUT2D eigenvalue weighted by atomic mass is 10.1. The standard InChI is InChI=1S/C7H11ClFNO2S/c1-13(11,12)10-3-2-6(4-8)7(9)5-10/h2-5H2,1H3. The van der Waals surface area contributed by atoms with Gasteiger partial charge in [-0.25, -0.2) is 12.8 Å². The Hall–Kier alpha value is -0.130. The predicted molar refractivity (Wildman–Crippen MR) is 49.9 cm³/mol. The van der Waals surface area contributed by atoms with Crippen molar-refractivity contribution >= 4 is 21.6 Å². The van der Waals surface area contributed by atoms with Crippen LogP contribution in [0.5, 0.6) is 0 Å². The second-order valence-electron chi connectivity index (χ2n) is 2.99. The van der Waals surface area contributed by atoms with Crippen LogP contribution in [-0.2, 0) is 10.0 Å².